The first-order valence-corrected chi connectivity index (χ1v) is 5.63. The summed E-state index contributed by atoms with van der Waals surface area (Å²) in [6.45, 7) is 7.01. The van der Waals surface area contributed by atoms with Gasteiger partial charge in [-0.2, -0.15) is 0 Å². The van der Waals surface area contributed by atoms with Crippen molar-refractivity contribution in [2.45, 2.75) is 39.4 Å². The van der Waals surface area contributed by atoms with Crippen molar-refractivity contribution < 1.29 is 0 Å². The van der Waals surface area contributed by atoms with E-state index in [1.165, 1.54) is 0 Å². The molecule has 6 heteroatoms. The highest BCUT2D eigenvalue weighted by atomic mass is 15.8. The Labute approximate surface area is 95.3 Å². The first-order chi connectivity index (χ1) is 7.50. The van der Waals surface area contributed by atoms with E-state index in [-0.39, 0.29) is 12.2 Å². The van der Waals surface area contributed by atoms with Crippen LogP contribution in [0.15, 0.2) is 10.4 Å². The van der Waals surface area contributed by atoms with Gasteiger partial charge >= 0.3 is 0 Å². The van der Waals surface area contributed by atoms with E-state index in [2.05, 4.69) is 24.3 Å². The van der Waals surface area contributed by atoms with Crippen molar-refractivity contribution in [1.29, 1.82) is 10.8 Å². The molecule has 0 radical (unpaired) electrons. The number of hydrogen-bond donors (Lipinski definition) is 2. The van der Waals surface area contributed by atoms with Gasteiger partial charge in [-0.1, -0.05) is 24.3 Å². The Bertz CT molecular complexity index is 347. The van der Waals surface area contributed by atoms with E-state index in [1.807, 2.05) is 16.9 Å². The molecule has 0 spiro atoms. The van der Waals surface area contributed by atoms with Crippen molar-refractivity contribution in [1.82, 2.24) is 10.0 Å². The van der Waals surface area contributed by atoms with Crippen LogP contribution in [0.4, 0.5) is 0 Å². The summed E-state index contributed by atoms with van der Waals surface area (Å²) in [7, 11) is 0. The first kappa shape index (κ1) is 11.0. The van der Waals surface area contributed by atoms with Gasteiger partial charge < -0.3 is 5.41 Å². The van der Waals surface area contributed by atoms with Gasteiger partial charge in [0.05, 0.1) is 17.5 Å². The zero-order valence-corrected chi connectivity index (χ0v) is 9.94. The van der Waals surface area contributed by atoms with Crippen LogP contribution in [0.25, 0.3) is 0 Å². The molecule has 1 fully saturated rings. The number of rotatable bonds is 2. The van der Waals surface area contributed by atoms with E-state index >= 15 is 0 Å². The van der Waals surface area contributed by atoms with Crippen LogP contribution >= 0.6 is 0 Å². The van der Waals surface area contributed by atoms with Crippen LogP contribution < -0.4 is 0 Å². The average molecular weight is 222 g/mol. The Morgan fingerprint density at radius 1 is 1.38 bits per heavy atom. The highest BCUT2D eigenvalue weighted by Gasteiger charge is 2.42. The van der Waals surface area contributed by atoms with Crippen LogP contribution in [0, 0.1) is 16.7 Å². The lowest BCUT2D eigenvalue weighted by Gasteiger charge is -2.37. The summed E-state index contributed by atoms with van der Waals surface area (Å²) in [5, 5.41) is 27.6. The van der Waals surface area contributed by atoms with E-state index in [0.29, 0.717) is 23.8 Å². The van der Waals surface area contributed by atoms with Crippen LogP contribution in [-0.2, 0) is 0 Å². The van der Waals surface area contributed by atoms with Crippen LogP contribution in [0.2, 0.25) is 0 Å². The van der Waals surface area contributed by atoms with E-state index in [1.54, 1.807) is 0 Å². The van der Waals surface area contributed by atoms with Gasteiger partial charge in [0, 0.05) is 13.0 Å². The van der Waals surface area contributed by atoms with Crippen molar-refractivity contribution in [2.75, 3.05) is 6.54 Å². The third-order valence-electron chi connectivity index (χ3n) is 2.88. The molecule has 0 saturated carbocycles. The predicted octanol–water partition coefficient (Wildman–Crippen LogP) is 1.70. The van der Waals surface area contributed by atoms with Gasteiger partial charge in [-0.3, -0.25) is 5.41 Å². The molecule has 2 aliphatic rings. The fourth-order valence-electron chi connectivity index (χ4n) is 2.11. The lowest BCUT2D eigenvalue weighted by atomic mass is 9.98. The molecule has 0 bridgehead atoms. The summed E-state index contributed by atoms with van der Waals surface area (Å²) in [6, 6.07) is 0.160. The molecule has 0 aromatic heterocycles. The molecular weight excluding hydrogens is 204 g/mol. The lowest BCUT2D eigenvalue weighted by Crippen LogP contribution is -2.55. The van der Waals surface area contributed by atoms with Gasteiger partial charge in [-0.15, -0.1) is 0 Å². The van der Waals surface area contributed by atoms with E-state index in [4.69, 9.17) is 10.8 Å². The second-order valence-corrected chi connectivity index (χ2v) is 4.89. The van der Waals surface area contributed by atoms with Gasteiger partial charge in [-0.05, 0) is 12.8 Å². The molecule has 2 heterocycles. The second-order valence-electron chi connectivity index (χ2n) is 4.89. The van der Waals surface area contributed by atoms with Crippen LogP contribution in [-0.4, -0.2) is 40.2 Å². The molecule has 2 unspecified atom stereocenters. The molecule has 2 N–H and O–H groups in total. The maximum atomic E-state index is 7.96. The van der Waals surface area contributed by atoms with E-state index in [0.717, 1.165) is 6.54 Å². The standard InChI is InChI=1S/C10H18N6/c1-6(2)5-15-10-9(12)8(11)4-7(3)16(10)14-13-15/h6-7,10-12H,4-5H2,1-3H3. The van der Waals surface area contributed by atoms with Gasteiger partial charge in [0.25, 0.3) is 0 Å². The molecule has 6 nitrogen and oxygen atoms in total. The van der Waals surface area contributed by atoms with Crippen molar-refractivity contribution in [3.8, 4) is 0 Å². The number of piperidine rings is 1. The maximum absolute atomic E-state index is 7.96. The number of nitrogens with zero attached hydrogens (tertiary/aromatic N) is 4. The molecule has 88 valence electrons. The van der Waals surface area contributed by atoms with Gasteiger partial charge in [0.1, 0.15) is 0 Å². The molecule has 1 saturated heterocycles. The normalized spacial score (nSPS) is 29.2. The van der Waals surface area contributed by atoms with Crippen LogP contribution in [0.5, 0.6) is 0 Å². The Balaban J connectivity index is 2.19. The van der Waals surface area contributed by atoms with Crippen molar-refractivity contribution >= 4 is 11.4 Å². The number of hydrogen-bond acceptors (Lipinski definition) is 6. The maximum Gasteiger partial charge on any atom is 0.181 e. The SMILES string of the molecule is CC(C)CN1N=NN2C(C)CC(=N)C(=N)C12. The highest BCUT2D eigenvalue weighted by Crippen LogP contribution is 2.27. The summed E-state index contributed by atoms with van der Waals surface area (Å²) < 4.78 is 0. The molecule has 0 amide bonds. The summed E-state index contributed by atoms with van der Waals surface area (Å²) in [6.07, 6.45) is 0.336. The van der Waals surface area contributed by atoms with E-state index in [9.17, 15) is 0 Å². The Hall–Kier alpha value is -1.46. The zero-order valence-electron chi connectivity index (χ0n) is 9.94. The third-order valence-corrected chi connectivity index (χ3v) is 2.88. The quantitative estimate of drug-likeness (QED) is 0.745. The van der Waals surface area contributed by atoms with Crippen LogP contribution in [0.3, 0.4) is 0 Å². The predicted molar refractivity (Wildman–Crippen MR) is 61.6 cm³/mol. The Morgan fingerprint density at radius 2 is 2.06 bits per heavy atom. The van der Waals surface area contributed by atoms with Crippen molar-refractivity contribution in [2.24, 2.45) is 16.4 Å². The molecule has 2 rings (SSSR count). The third kappa shape index (κ3) is 1.68. The van der Waals surface area contributed by atoms with Gasteiger partial charge in [-0.25, -0.2) is 10.0 Å². The second kappa shape index (κ2) is 3.84. The lowest BCUT2D eigenvalue weighted by molar-refractivity contribution is 0.115. The largest absolute Gasteiger partial charge is 0.303 e. The summed E-state index contributed by atoms with van der Waals surface area (Å²) in [5.41, 5.74) is 0.749. The fraction of sp³-hybridized carbons (Fsp3) is 0.800. The number of fused-ring (bicyclic) bond motifs is 1. The molecular formula is C10H18N6. The molecule has 16 heavy (non-hydrogen) atoms. The van der Waals surface area contributed by atoms with Crippen molar-refractivity contribution in [3.63, 3.8) is 0 Å². The fourth-order valence-corrected chi connectivity index (χ4v) is 2.11. The zero-order chi connectivity index (χ0) is 11.9. The number of nitrogens with one attached hydrogen (secondary N) is 2. The smallest absolute Gasteiger partial charge is 0.181 e. The molecule has 2 atom stereocenters. The Kier molecular flexibility index (Phi) is 2.65. The van der Waals surface area contributed by atoms with Crippen LogP contribution in [0.1, 0.15) is 27.2 Å². The molecule has 0 aromatic rings. The Morgan fingerprint density at radius 3 is 2.69 bits per heavy atom. The van der Waals surface area contributed by atoms with Crippen molar-refractivity contribution in [3.05, 3.63) is 0 Å². The molecule has 2 aliphatic heterocycles. The highest BCUT2D eigenvalue weighted by molar-refractivity contribution is 6.42. The topological polar surface area (TPSA) is 78.9 Å². The monoisotopic (exact) mass is 222 g/mol. The molecule has 0 aliphatic carbocycles. The minimum Gasteiger partial charge on any atom is -0.303 e. The minimum absolute atomic E-state index is 0.160. The van der Waals surface area contributed by atoms with Gasteiger partial charge in [0.2, 0.25) is 0 Å². The van der Waals surface area contributed by atoms with E-state index < -0.39 is 0 Å². The summed E-state index contributed by atoms with van der Waals surface area (Å²) in [4.78, 5) is 0. The summed E-state index contributed by atoms with van der Waals surface area (Å²) in [5.74, 6) is 0.470. The molecule has 0 aromatic carbocycles. The average Bonchev–Trinajstić information content (AvgIpc) is 2.58. The van der Waals surface area contributed by atoms with Gasteiger partial charge in [0.15, 0.2) is 6.17 Å². The minimum atomic E-state index is -0.251. The summed E-state index contributed by atoms with van der Waals surface area (Å²) >= 11 is 0. The first-order valence-electron chi connectivity index (χ1n) is 5.63.